The fraction of sp³-hybridized carbons (Fsp3) is 0.320. The Labute approximate surface area is 182 Å². The molecule has 1 aromatic heterocycles. The molecular weight excluding hydrogens is 388 g/mol. The van der Waals surface area contributed by atoms with Crippen LogP contribution < -0.4 is 15.0 Å². The number of fused-ring (bicyclic) bond motifs is 2. The Morgan fingerprint density at radius 1 is 1.16 bits per heavy atom. The standard InChI is InChI=1S/C25H26N4O2/c1-16-26-22(19-10-11-24-23(14-19)29(17(2)30)12-13-31-24)15-25(27-16)28-21-9-5-7-18-6-3-4-8-20(18)21/h3-4,6,8,10-11,14-15,21H,5,7,9,12-13H2,1-2H3,(H,26,27,28)/t21-/m1/s1. The number of carbonyl (C=O) groups excluding carboxylic acids is 1. The molecule has 0 bridgehead atoms. The van der Waals surface area contributed by atoms with Crippen LogP contribution in [0.2, 0.25) is 0 Å². The number of rotatable bonds is 3. The maximum absolute atomic E-state index is 12.1. The number of carbonyl (C=O) groups is 1. The molecule has 3 aromatic rings. The zero-order chi connectivity index (χ0) is 21.4. The highest BCUT2D eigenvalue weighted by atomic mass is 16.5. The molecule has 0 saturated carbocycles. The molecule has 6 heteroatoms. The summed E-state index contributed by atoms with van der Waals surface area (Å²) in [5.41, 5.74) is 5.33. The molecule has 2 aliphatic rings. The number of hydrogen-bond acceptors (Lipinski definition) is 5. The number of amides is 1. The molecule has 2 aromatic carbocycles. The van der Waals surface area contributed by atoms with Crippen molar-refractivity contribution in [1.29, 1.82) is 0 Å². The van der Waals surface area contributed by atoms with Gasteiger partial charge in [-0.1, -0.05) is 24.3 Å². The van der Waals surface area contributed by atoms with E-state index < -0.39 is 0 Å². The molecule has 5 rings (SSSR count). The number of nitrogens with one attached hydrogen (secondary N) is 1. The largest absolute Gasteiger partial charge is 0.490 e. The number of nitrogens with zero attached hydrogens (tertiary/aromatic N) is 3. The molecule has 1 atom stereocenters. The van der Waals surface area contributed by atoms with Crippen LogP contribution in [0.1, 0.15) is 42.8 Å². The van der Waals surface area contributed by atoms with Crippen LogP contribution in [-0.2, 0) is 11.2 Å². The maximum atomic E-state index is 12.1. The van der Waals surface area contributed by atoms with E-state index in [9.17, 15) is 4.79 Å². The van der Waals surface area contributed by atoms with Gasteiger partial charge in [-0.2, -0.15) is 0 Å². The van der Waals surface area contributed by atoms with Gasteiger partial charge < -0.3 is 15.0 Å². The van der Waals surface area contributed by atoms with E-state index in [4.69, 9.17) is 4.74 Å². The van der Waals surface area contributed by atoms with Crippen LogP contribution in [0.3, 0.4) is 0 Å². The van der Waals surface area contributed by atoms with Gasteiger partial charge in [0.1, 0.15) is 24.0 Å². The van der Waals surface area contributed by atoms with Crippen LogP contribution in [-0.4, -0.2) is 29.0 Å². The first kappa shape index (κ1) is 19.5. The van der Waals surface area contributed by atoms with E-state index in [1.165, 1.54) is 11.1 Å². The Kier molecular flexibility index (Phi) is 5.06. The van der Waals surface area contributed by atoms with Crippen LogP contribution in [0, 0.1) is 6.92 Å². The first-order valence-electron chi connectivity index (χ1n) is 10.8. The number of aryl methyl sites for hydroxylation is 2. The van der Waals surface area contributed by atoms with Crippen molar-refractivity contribution < 1.29 is 9.53 Å². The summed E-state index contributed by atoms with van der Waals surface area (Å²) in [6.07, 6.45) is 3.38. The Balaban J connectivity index is 1.48. The van der Waals surface area contributed by atoms with E-state index in [1.54, 1.807) is 11.8 Å². The first-order chi connectivity index (χ1) is 15.1. The molecule has 0 unspecified atom stereocenters. The van der Waals surface area contributed by atoms with Gasteiger partial charge in [0.25, 0.3) is 0 Å². The highest BCUT2D eigenvalue weighted by Crippen LogP contribution is 2.36. The van der Waals surface area contributed by atoms with Crippen LogP contribution in [0.15, 0.2) is 48.5 Å². The maximum Gasteiger partial charge on any atom is 0.224 e. The number of hydrogen-bond donors (Lipinski definition) is 1. The van der Waals surface area contributed by atoms with Crippen LogP contribution >= 0.6 is 0 Å². The van der Waals surface area contributed by atoms with Crippen molar-refractivity contribution in [3.05, 3.63) is 65.5 Å². The lowest BCUT2D eigenvalue weighted by Crippen LogP contribution is -2.36. The Hall–Kier alpha value is -3.41. The van der Waals surface area contributed by atoms with Crippen molar-refractivity contribution >= 4 is 17.4 Å². The van der Waals surface area contributed by atoms with Gasteiger partial charge in [-0.15, -0.1) is 0 Å². The fourth-order valence-electron chi connectivity index (χ4n) is 4.58. The third-order valence-corrected chi connectivity index (χ3v) is 6.03. The average molecular weight is 415 g/mol. The molecule has 1 aliphatic carbocycles. The lowest BCUT2D eigenvalue weighted by molar-refractivity contribution is -0.116. The normalized spacial score (nSPS) is 17.4. The van der Waals surface area contributed by atoms with E-state index >= 15 is 0 Å². The predicted molar refractivity (Wildman–Crippen MR) is 121 cm³/mol. The van der Waals surface area contributed by atoms with Gasteiger partial charge in [0.05, 0.1) is 24.0 Å². The molecule has 1 aliphatic heterocycles. The number of aromatic nitrogens is 2. The van der Waals surface area contributed by atoms with Crippen molar-refractivity contribution in [2.75, 3.05) is 23.4 Å². The second-order valence-electron chi connectivity index (χ2n) is 8.18. The fourth-order valence-corrected chi connectivity index (χ4v) is 4.58. The molecule has 1 amide bonds. The molecule has 6 nitrogen and oxygen atoms in total. The van der Waals surface area contributed by atoms with Crippen LogP contribution in [0.4, 0.5) is 11.5 Å². The molecule has 0 radical (unpaired) electrons. The van der Waals surface area contributed by atoms with E-state index in [-0.39, 0.29) is 11.9 Å². The van der Waals surface area contributed by atoms with Crippen molar-refractivity contribution in [3.8, 4) is 17.0 Å². The van der Waals surface area contributed by atoms with Gasteiger partial charge in [-0.05, 0) is 55.5 Å². The van der Waals surface area contributed by atoms with Crippen molar-refractivity contribution in [3.63, 3.8) is 0 Å². The highest BCUT2D eigenvalue weighted by Gasteiger charge is 2.23. The third kappa shape index (κ3) is 3.85. The molecule has 0 spiro atoms. The molecule has 158 valence electrons. The van der Waals surface area contributed by atoms with E-state index in [2.05, 4.69) is 39.6 Å². The second kappa shape index (κ2) is 8.02. The summed E-state index contributed by atoms with van der Waals surface area (Å²) in [6.45, 7) is 4.56. The average Bonchev–Trinajstić information content (AvgIpc) is 2.78. The minimum Gasteiger partial charge on any atom is -0.490 e. The zero-order valence-electron chi connectivity index (χ0n) is 17.9. The Morgan fingerprint density at radius 3 is 2.90 bits per heavy atom. The van der Waals surface area contributed by atoms with Crippen molar-refractivity contribution in [2.45, 2.75) is 39.2 Å². The highest BCUT2D eigenvalue weighted by molar-refractivity contribution is 5.94. The summed E-state index contributed by atoms with van der Waals surface area (Å²) in [5, 5.41) is 3.64. The zero-order valence-corrected chi connectivity index (χ0v) is 17.9. The molecule has 31 heavy (non-hydrogen) atoms. The first-order valence-corrected chi connectivity index (χ1v) is 10.8. The monoisotopic (exact) mass is 414 g/mol. The van der Waals surface area contributed by atoms with E-state index in [1.807, 2.05) is 31.2 Å². The topological polar surface area (TPSA) is 67.3 Å². The molecule has 2 heterocycles. The summed E-state index contributed by atoms with van der Waals surface area (Å²) >= 11 is 0. The smallest absolute Gasteiger partial charge is 0.224 e. The van der Waals surface area contributed by atoms with Crippen LogP contribution in [0.25, 0.3) is 11.3 Å². The Bertz CT molecular complexity index is 1140. The quantitative estimate of drug-likeness (QED) is 0.674. The van der Waals surface area contributed by atoms with Gasteiger partial charge in [0.2, 0.25) is 5.91 Å². The van der Waals surface area contributed by atoms with Gasteiger partial charge >= 0.3 is 0 Å². The Morgan fingerprint density at radius 2 is 2.03 bits per heavy atom. The van der Waals surface area contributed by atoms with E-state index in [0.717, 1.165) is 47.8 Å². The van der Waals surface area contributed by atoms with Gasteiger partial charge in [-0.25, -0.2) is 9.97 Å². The van der Waals surface area contributed by atoms with E-state index in [0.29, 0.717) is 19.0 Å². The lowest BCUT2D eigenvalue weighted by atomic mass is 9.88. The van der Waals surface area contributed by atoms with Crippen LogP contribution in [0.5, 0.6) is 5.75 Å². The summed E-state index contributed by atoms with van der Waals surface area (Å²) in [7, 11) is 0. The minimum absolute atomic E-state index is 0.0129. The summed E-state index contributed by atoms with van der Waals surface area (Å²) in [4.78, 5) is 23.1. The summed E-state index contributed by atoms with van der Waals surface area (Å²) in [5.74, 6) is 2.27. The van der Waals surface area contributed by atoms with Crippen molar-refractivity contribution in [2.24, 2.45) is 0 Å². The number of ether oxygens (including phenoxy) is 1. The third-order valence-electron chi connectivity index (χ3n) is 6.03. The van der Waals surface area contributed by atoms with Gasteiger partial charge in [0.15, 0.2) is 0 Å². The summed E-state index contributed by atoms with van der Waals surface area (Å²) < 4.78 is 5.74. The SMILES string of the molecule is CC(=O)N1CCOc2ccc(-c3cc(N[C@@H]4CCCc5ccccc54)nc(C)n3)cc21. The van der Waals surface area contributed by atoms with Crippen molar-refractivity contribution in [1.82, 2.24) is 9.97 Å². The summed E-state index contributed by atoms with van der Waals surface area (Å²) in [6, 6.07) is 16.8. The lowest BCUT2D eigenvalue weighted by Gasteiger charge is -2.29. The molecule has 0 fully saturated rings. The second-order valence-corrected chi connectivity index (χ2v) is 8.18. The number of anilines is 2. The van der Waals surface area contributed by atoms with Gasteiger partial charge in [-0.3, -0.25) is 4.79 Å². The number of benzene rings is 2. The molecule has 0 saturated heterocycles. The minimum atomic E-state index is 0.0129. The molecular formula is C25H26N4O2. The predicted octanol–water partition coefficient (Wildman–Crippen LogP) is 4.69. The van der Waals surface area contributed by atoms with Gasteiger partial charge in [0, 0.05) is 18.6 Å². The molecule has 1 N–H and O–H groups in total.